The number of ether oxygens (including phenoxy) is 1. The molecule has 0 radical (unpaired) electrons. The fourth-order valence-corrected chi connectivity index (χ4v) is 3.62. The summed E-state index contributed by atoms with van der Waals surface area (Å²) in [4.78, 5) is 11.2. The maximum Gasteiger partial charge on any atom is 0.138 e. The molecule has 5 heteroatoms. The highest BCUT2D eigenvalue weighted by Crippen LogP contribution is 2.31. The first-order valence-electron chi connectivity index (χ1n) is 9.43. The van der Waals surface area contributed by atoms with Gasteiger partial charge in [0.05, 0.1) is 18.1 Å². The summed E-state index contributed by atoms with van der Waals surface area (Å²) in [5.74, 6) is 0.806. The number of hydrogen-bond acceptors (Lipinski definition) is 5. The van der Waals surface area contributed by atoms with Crippen molar-refractivity contribution in [1.82, 2.24) is 15.3 Å². The van der Waals surface area contributed by atoms with Crippen LogP contribution in [0.4, 0.5) is 5.69 Å². The third kappa shape index (κ3) is 3.38. The summed E-state index contributed by atoms with van der Waals surface area (Å²) in [5, 5.41) is 3.35. The third-order valence-electron chi connectivity index (χ3n) is 5.35. The highest BCUT2D eigenvalue weighted by molar-refractivity contribution is 5.68. The molecule has 1 unspecified atom stereocenters. The standard InChI is InChI=1S/C22H22N4O/c1-2-4-17-14-26(13-16(17)3-1)21-7-18(9-23-11-21)19-8-22(12-24-10-19)27-15-20-5-6-25-20/h1-4,7-12,20,25H,5-6,13-15H2. The third-order valence-corrected chi connectivity index (χ3v) is 5.35. The van der Waals surface area contributed by atoms with E-state index in [1.165, 1.54) is 17.5 Å². The Morgan fingerprint density at radius 2 is 1.67 bits per heavy atom. The highest BCUT2D eigenvalue weighted by Gasteiger charge is 2.19. The van der Waals surface area contributed by atoms with Gasteiger partial charge in [-0.05, 0) is 36.2 Å². The van der Waals surface area contributed by atoms with E-state index >= 15 is 0 Å². The van der Waals surface area contributed by atoms with Crippen molar-refractivity contribution < 1.29 is 4.74 Å². The molecule has 1 saturated heterocycles. The normalized spacial score (nSPS) is 18.1. The average molecular weight is 358 g/mol. The zero-order chi connectivity index (χ0) is 18.1. The van der Waals surface area contributed by atoms with Gasteiger partial charge >= 0.3 is 0 Å². The molecule has 0 aliphatic carbocycles. The van der Waals surface area contributed by atoms with Gasteiger partial charge in [0.1, 0.15) is 12.4 Å². The number of nitrogens with one attached hydrogen (secondary N) is 1. The van der Waals surface area contributed by atoms with Crippen LogP contribution in [-0.4, -0.2) is 29.2 Å². The van der Waals surface area contributed by atoms with Crippen LogP contribution in [0, 0.1) is 0 Å². The van der Waals surface area contributed by atoms with Crippen LogP contribution in [0.5, 0.6) is 5.75 Å². The molecule has 136 valence electrons. The van der Waals surface area contributed by atoms with Gasteiger partial charge in [-0.25, -0.2) is 0 Å². The monoisotopic (exact) mass is 358 g/mol. The molecular weight excluding hydrogens is 336 g/mol. The summed E-state index contributed by atoms with van der Waals surface area (Å²) in [5.41, 5.74) is 6.01. The van der Waals surface area contributed by atoms with Crippen LogP contribution in [0.1, 0.15) is 17.5 Å². The predicted octanol–water partition coefficient (Wildman–Crippen LogP) is 3.40. The van der Waals surface area contributed by atoms with Crippen LogP contribution in [-0.2, 0) is 13.1 Å². The molecule has 0 spiro atoms. The van der Waals surface area contributed by atoms with Crippen LogP contribution in [0.3, 0.4) is 0 Å². The molecule has 1 fully saturated rings. The number of fused-ring (bicyclic) bond motifs is 1. The van der Waals surface area contributed by atoms with E-state index < -0.39 is 0 Å². The molecule has 0 amide bonds. The van der Waals surface area contributed by atoms with Crippen molar-refractivity contribution in [3.8, 4) is 16.9 Å². The lowest BCUT2D eigenvalue weighted by molar-refractivity contribution is 0.217. The van der Waals surface area contributed by atoms with Crippen LogP contribution < -0.4 is 15.0 Å². The summed E-state index contributed by atoms with van der Waals surface area (Å²) in [6.45, 7) is 3.63. The van der Waals surface area contributed by atoms with E-state index in [2.05, 4.69) is 50.5 Å². The molecule has 0 saturated carbocycles. The number of rotatable bonds is 5. The first-order chi connectivity index (χ1) is 13.3. The Kier molecular flexibility index (Phi) is 4.22. The van der Waals surface area contributed by atoms with Gasteiger partial charge in [0.25, 0.3) is 0 Å². The zero-order valence-corrected chi connectivity index (χ0v) is 15.1. The predicted molar refractivity (Wildman–Crippen MR) is 106 cm³/mol. The Labute approximate surface area is 159 Å². The number of anilines is 1. The Bertz CT molecular complexity index is 929. The minimum Gasteiger partial charge on any atom is -0.490 e. The smallest absolute Gasteiger partial charge is 0.138 e. The average Bonchev–Trinajstić information content (AvgIpc) is 3.11. The SMILES string of the molecule is c1ccc2c(c1)CN(c1cncc(-c3cncc(OCC4CCN4)c3)c1)C2. The van der Waals surface area contributed by atoms with Gasteiger partial charge in [0.2, 0.25) is 0 Å². The van der Waals surface area contributed by atoms with E-state index in [4.69, 9.17) is 4.74 Å². The molecule has 1 N–H and O–H groups in total. The molecule has 2 aliphatic heterocycles. The molecule has 1 atom stereocenters. The van der Waals surface area contributed by atoms with E-state index in [1.54, 1.807) is 6.20 Å². The molecule has 0 bridgehead atoms. The van der Waals surface area contributed by atoms with Crippen molar-refractivity contribution >= 4 is 5.69 Å². The first-order valence-corrected chi connectivity index (χ1v) is 9.43. The molecule has 5 rings (SSSR count). The summed E-state index contributed by atoms with van der Waals surface area (Å²) in [6, 6.07) is 13.3. The van der Waals surface area contributed by atoms with Crippen molar-refractivity contribution in [3.05, 3.63) is 72.3 Å². The van der Waals surface area contributed by atoms with E-state index in [-0.39, 0.29) is 0 Å². The van der Waals surface area contributed by atoms with Gasteiger partial charge in [0.15, 0.2) is 0 Å². The second-order valence-corrected chi connectivity index (χ2v) is 7.22. The van der Waals surface area contributed by atoms with Gasteiger partial charge in [-0.2, -0.15) is 0 Å². The Balaban J connectivity index is 1.35. The summed E-state index contributed by atoms with van der Waals surface area (Å²) >= 11 is 0. The van der Waals surface area contributed by atoms with Gasteiger partial charge in [-0.1, -0.05) is 24.3 Å². The maximum absolute atomic E-state index is 5.89. The van der Waals surface area contributed by atoms with E-state index in [9.17, 15) is 0 Å². The summed E-state index contributed by atoms with van der Waals surface area (Å²) in [6.07, 6.45) is 8.65. The van der Waals surface area contributed by atoms with E-state index in [0.717, 1.165) is 42.2 Å². The topological polar surface area (TPSA) is 50.3 Å². The molecule has 4 heterocycles. The Morgan fingerprint density at radius 1 is 0.963 bits per heavy atom. The minimum absolute atomic E-state index is 0.468. The fraction of sp³-hybridized carbons (Fsp3) is 0.273. The molecular formula is C22H22N4O. The van der Waals surface area contributed by atoms with Gasteiger partial charge in [0, 0.05) is 42.7 Å². The summed E-state index contributed by atoms with van der Waals surface area (Å²) in [7, 11) is 0. The van der Waals surface area contributed by atoms with Crippen molar-refractivity contribution in [1.29, 1.82) is 0 Å². The fourth-order valence-electron chi connectivity index (χ4n) is 3.62. The zero-order valence-electron chi connectivity index (χ0n) is 15.1. The first kappa shape index (κ1) is 16.3. The maximum atomic E-state index is 5.89. The number of hydrogen-bond donors (Lipinski definition) is 1. The molecule has 2 aliphatic rings. The summed E-state index contributed by atoms with van der Waals surface area (Å²) < 4.78 is 5.89. The second-order valence-electron chi connectivity index (χ2n) is 7.22. The molecule has 1 aromatic carbocycles. The van der Waals surface area contributed by atoms with Gasteiger partial charge in [-0.15, -0.1) is 0 Å². The van der Waals surface area contributed by atoms with E-state index in [0.29, 0.717) is 12.6 Å². The Morgan fingerprint density at radius 3 is 2.37 bits per heavy atom. The Hall–Kier alpha value is -2.92. The largest absolute Gasteiger partial charge is 0.490 e. The van der Waals surface area contributed by atoms with Crippen molar-refractivity contribution in [3.63, 3.8) is 0 Å². The van der Waals surface area contributed by atoms with Crippen LogP contribution in [0.15, 0.2) is 61.2 Å². The molecule has 5 nitrogen and oxygen atoms in total. The van der Waals surface area contributed by atoms with Crippen molar-refractivity contribution in [2.75, 3.05) is 18.1 Å². The van der Waals surface area contributed by atoms with Gasteiger partial charge < -0.3 is 15.0 Å². The lowest BCUT2D eigenvalue weighted by Crippen LogP contribution is -2.46. The van der Waals surface area contributed by atoms with Gasteiger partial charge in [-0.3, -0.25) is 9.97 Å². The van der Waals surface area contributed by atoms with Crippen LogP contribution in [0.25, 0.3) is 11.1 Å². The quantitative estimate of drug-likeness (QED) is 0.757. The number of nitrogens with zero attached hydrogens (tertiary/aromatic N) is 3. The molecule has 27 heavy (non-hydrogen) atoms. The van der Waals surface area contributed by atoms with Crippen molar-refractivity contribution in [2.24, 2.45) is 0 Å². The number of pyridine rings is 2. The highest BCUT2D eigenvalue weighted by atomic mass is 16.5. The number of aromatic nitrogens is 2. The molecule has 2 aromatic heterocycles. The number of benzene rings is 1. The minimum atomic E-state index is 0.468. The lowest BCUT2D eigenvalue weighted by Gasteiger charge is -2.27. The van der Waals surface area contributed by atoms with Crippen molar-refractivity contribution in [2.45, 2.75) is 25.6 Å². The lowest BCUT2D eigenvalue weighted by atomic mass is 10.1. The second kappa shape index (κ2) is 7.00. The molecule has 3 aromatic rings. The van der Waals surface area contributed by atoms with E-state index in [1.807, 2.05) is 24.7 Å². The van der Waals surface area contributed by atoms with Crippen LogP contribution in [0.2, 0.25) is 0 Å². The van der Waals surface area contributed by atoms with Crippen LogP contribution >= 0.6 is 0 Å².